The first kappa shape index (κ1) is 15.7. The van der Waals surface area contributed by atoms with Crippen LogP contribution in [0.5, 0.6) is 0 Å². The minimum absolute atomic E-state index is 0.0821. The summed E-state index contributed by atoms with van der Waals surface area (Å²) in [4.78, 5) is 0. The van der Waals surface area contributed by atoms with Crippen LogP contribution < -0.4 is 0 Å². The molecule has 4 bridgehead atoms. The van der Waals surface area contributed by atoms with Crippen molar-refractivity contribution in [3.63, 3.8) is 0 Å². The van der Waals surface area contributed by atoms with Crippen molar-refractivity contribution in [2.75, 3.05) is 26.8 Å². The molecule has 8 atom stereocenters. The van der Waals surface area contributed by atoms with E-state index in [9.17, 15) is 0 Å². The first-order valence-electron chi connectivity index (χ1n) is 11.2. The maximum absolute atomic E-state index is 6.71. The van der Waals surface area contributed by atoms with Crippen LogP contribution in [0.2, 0.25) is 0 Å². The molecule has 7 fully saturated rings. The Balaban J connectivity index is 1.40. The summed E-state index contributed by atoms with van der Waals surface area (Å²) in [6.07, 6.45) is 13.4. The van der Waals surface area contributed by atoms with Crippen LogP contribution in [-0.4, -0.2) is 38.0 Å². The normalized spacial score (nSPS) is 62.8. The molecule has 2 aliphatic heterocycles. The molecule has 26 heavy (non-hydrogen) atoms. The Bertz CT molecular complexity index is 584. The molecule has 0 amide bonds. The molecule has 7 rings (SSSR count). The summed E-state index contributed by atoms with van der Waals surface area (Å²) in [6, 6.07) is 0. The molecule has 0 unspecified atom stereocenters. The zero-order valence-corrected chi connectivity index (χ0v) is 15.8. The lowest BCUT2D eigenvalue weighted by molar-refractivity contribution is -0.358. The molecule has 2 saturated heterocycles. The van der Waals surface area contributed by atoms with E-state index in [1.807, 2.05) is 0 Å². The van der Waals surface area contributed by atoms with Crippen molar-refractivity contribution in [2.24, 2.45) is 34.5 Å². The quantitative estimate of drug-likeness (QED) is 0.657. The van der Waals surface area contributed by atoms with E-state index < -0.39 is 0 Å². The molecule has 4 nitrogen and oxygen atoms in total. The van der Waals surface area contributed by atoms with Crippen molar-refractivity contribution >= 4 is 0 Å². The molecule has 0 aromatic rings. The maximum Gasteiger partial charge on any atom is 0.147 e. The highest BCUT2D eigenvalue weighted by Crippen LogP contribution is 2.82. The van der Waals surface area contributed by atoms with E-state index in [1.165, 1.54) is 64.2 Å². The second-order valence-electron chi connectivity index (χ2n) is 10.8. The summed E-state index contributed by atoms with van der Waals surface area (Å²) in [5.74, 6) is 3.04. The Morgan fingerprint density at radius 3 is 1.62 bits per heavy atom. The van der Waals surface area contributed by atoms with Crippen LogP contribution >= 0.6 is 0 Å². The third kappa shape index (κ3) is 1.51. The smallest absolute Gasteiger partial charge is 0.147 e. The minimum atomic E-state index is -0.0821. The summed E-state index contributed by atoms with van der Waals surface area (Å²) < 4.78 is 25.5. The van der Waals surface area contributed by atoms with E-state index in [2.05, 4.69) is 0 Å². The van der Waals surface area contributed by atoms with Gasteiger partial charge in [0.05, 0.1) is 13.2 Å². The highest BCUT2D eigenvalue weighted by molar-refractivity contribution is 5.36. The van der Waals surface area contributed by atoms with E-state index in [1.54, 1.807) is 0 Å². The molecule has 4 heteroatoms. The van der Waals surface area contributed by atoms with Crippen molar-refractivity contribution in [3.8, 4) is 0 Å². The third-order valence-corrected chi connectivity index (χ3v) is 10.3. The number of hydrogen-bond donors (Lipinski definition) is 0. The molecule has 0 aromatic carbocycles. The van der Waals surface area contributed by atoms with Gasteiger partial charge >= 0.3 is 0 Å². The Morgan fingerprint density at radius 2 is 1.12 bits per heavy atom. The molecule has 0 aromatic heterocycles. The molecular formula is C22H32O4. The van der Waals surface area contributed by atoms with E-state index in [0.29, 0.717) is 24.4 Å². The third-order valence-electron chi connectivity index (χ3n) is 10.3. The van der Waals surface area contributed by atoms with Gasteiger partial charge in [-0.1, -0.05) is 25.7 Å². The molecule has 0 N–H and O–H groups in total. The van der Waals surface area contributed by atoms with E-state index >= 15 is 0 Å². The molecule has 0 radical (unpaired) electrons. The monoisotopic (exact) mass is 360 g/mol. The van der Waals surface area contributed by atoms with Gasteiger partial charge in [0, 0.05) is 11.8 Å². The SMILES string of the molecule is C1CC[C@@]23COCO[C@@]4(C2)[C@@H]([C@@H]2[C@@H]5CCCC[C@@]56COCO[C@]24C6)[C@H]3C1. The number of fused-ring (bicyclic) bond motifs is 3. The van der Waals surface area contributed by atoms with Gasteiger partial charge in [-0.25, -0.2) is 0 Å². The Kier molecular flexibility index (Phi) is 2.95. The fourth-order valence-electron chi connectivity index (χ4n) is 9.79. The lowest BCUT2D eigenvalue weighted by Crippen LogP contribution is -2.75. The van der Waals surface area contributed by atoms with E-state index in [4.69, 9.17) is 18.9 Å². The summed E-state index contributed by atoms with van der Waals surface area (Å²) in [5.41, 5.74) is 0.571. The number of ether oxygens (including phenoxy) is 4. The fourth-order valence-corrected chi connectivity index (χ4v) is 9.79. The van der Waals surface area contributed by atoms with Crippen molar-refractivity contribution in [3.05, 3.63) is 0 Å². The summed E-state index contributed by atoms with van der Waals surface area (Å²) in [6.45, 7) is 2.79. The van der Waals surface area contributed by atoms with Crippen LogP contribution in [0.1, 0.15) is 64.2 Å². The van der Waals surface area contributed by atoms with Crippen molar-refractivity contribution in [2.45, 2.75) is 75.4 Å². The van der Waals surface area contributed by atoms with Crippen LogP contribution in [0.4, 0.5) is 0 Å². The van der Waals surface area contributed by atoms with Crippen LogP contribution in [0.25, 0.3) is 0 Å². The Morgan fingerprint density at radius 1 is 0.615 bits per heavy atom. The predicted octanol–water partition coefficient (Wildman–Crippen LogP) is 3.88. The van der Waals surface area contributed by atoms with Gasteiger partial charge in [-0.15, -0.1) is 0 Å². The largest absolute Gasteiger partial charge is 0.355 e. The minimum Gasteiger partial charge on any atom is -0.355 e. The molecule has 4 spiro atoms. The van der Waals surface area contributed by atoms with Gasteiger partial charge in [0.2, 0.25) is 0 Å². The zero-order valence-electron chi connectivity index (χ0n) is 15.8. The van der Waals surface area contributed by atoms with E-state index in [0.717, 1.165) is 36.9 Å². The number of hydrogen-bond acceptors (Lipinski definition) is 4. The highest BCUT2D eigenvalue weighted by atomic mass is 16.7. The van der Waals surface area contributed by atoms with Gasteiger partial charge in [-0.05, 0) is 61.2 Å². The van der Waals surface area contributed by atoms with Crippen LogP contribution in [0.3, 0.4) is 0 Å². The standard InChI is InChI=1S/C22H32O4/c1-3-7-19-9-21(25-13-23-11-19)17(15(19)5-1)18-16-6-2-4-8-20(16)10-22(18,21)26-14-24-12-20/h15-18H,1-14H2/t15-,16+,17-,18+,19+,20-,21+,22-. The molecule has 2 heterocycles. The Labute approximate surface area is 156 Å². The second-order valence-corrected chi connectivity index (χ2v) is 10.8. The van der Waals surface area contributed by atoms with Gasteiger partial charge in [-0.2, -0.15) is 0 Å². The van der Waals surface area contributed by atoms with Crippen LogP contribution in [0.15, 0.2) is 0 Å². The van der Waals surface area contributed by atoms with Crippen molar-refractivity contribution in [1.82, 2.24) is 0 Å². The van der Waals surface area contributed by atoms with Gasteiger partial charge in [0.1, 0.15) is 24.8 Å². The second kappa shape index (κ2) is 4.87. The lowest BCUT2D eigenvalue weighted by atomic mass is 9.48. The molecule has 5 aliphatic carbocycles. The van der Waals surface area contributed by atoms with Crippen LogP contribution in [-0.2, 0) is 18.9 Å². The summed E-state index contributed by atoms with van der Waals surface area (Å²) >= 11 is 0. The molecular weight excluding hydrogens is 328 g/mol. The lowest BCUT2D eigenvalue weighted by Gasteiger charge is -2.65. The predicted molar refractivity (Wildman–Crippen MR) is 94.3 cm³/mol. The summed E-state index contributed by atoms with van der Waals surface area (Å²) in [7, 11) is 0. The van der Waals surface area contributed by atoms with Gasteiger partial charge in [0.25, 0.3) is 0 Å². The van der Waals surface area contributed by atoms with E-state index in [-0.39, 0.29) is 11.2 Å². The highest BCUT2D eigenvalue weighted by Gasteiger charge is 2.87. The first-order valence-corrected chi connectivity index (χ1v) is 11.2. The van der Waals surface area contributed by atoms with Gasteiger partial charge < -0.3 is 18.9 Å². The topological polar surface area (TPSA) is 36.9 Å². The molecule has 5 saturated carbocycles. The molecule has 144 valence electrons. The zero-order chi connectivity index (χ0) is 17.0. The molecule has 7 aliphatic rings. The van der Waals surface area contributed by atoms with Crippen molar-refractivity contribution < 1.29 is 18.9 Å². The Hall–Kier alpha value is -0.160. The maximum atomic E-state index is 6.71. The van der Waals surface area contributed by atoms with Crippen LogP contribution in [0, 0.1) is 34.5 Å². The van der Waals surface area contributed by atoms with Gasteiger partial charge in [-0.3, -0.25) is 0 Å². The first-order chi connectivity index (χ1) is 12.8. The average Bonchev–Trinajstić information content (AvgIpc) is 2.82. The van der Waals surface area contributed by atoms with Crippen molar-refractivity contribution in [1.29, 1.82) is 0 Å². The number of rotatable bonds is 0. The fraction of sp³-hybridized carbons (Fsp3) is 1.00. The van der Waals surface area contributed by atoms with Gasteiger partial charge in [0.15, 0.2) is 0 Å². The summed E-state index contributed by atoms with van der Waals surface area (Å²) in [5, 5.41) is 0. The average molecular weight is 360 g/mol.